The Morgan fingerprint density at radius 3 is 2.85 bits per heavy atom. The number of carbonyl (C=O) groups excluding carboxylic acids is 3. The molecule has 0 aliphatic carbocycles. The van der Waals surface area contributed by atoms with Crippen LogP contribution in [0.15, 0.2) is 41.4 Å². The van der Waals surface area contributed by atoms with Crippen molar-refractivity contribution in [2.45, 2.75) is 17.8 Å². The molecule has 2 saturated heterocycles. The molecule has 1 aromatic heterocycles. The van der Waals surface area contributed by atoms with E-state index in [9.17, 15) is 19.5 Å². The molecule has 140 valence electrons. The van der Waals surface area contributed by atoms with E-state index in [0.717, 1.165) is 5.56 Å². The van der Waals surface area contributed by atoms with Crippen LogP contribution in [-0.4, -0.2) is 46.4 Å². The maximum absolute atomic E-state index is 12.4. The average Bonchev–Trinajstić information content (AvgIpc) is 3.06. The number of hydrogen-bond acceptors (Lipinski definition) is 6. The molecule has 0 saturated carbocycles. The summed E-state index contributed by atoms with van der Waals surface area (Å²) in [6, 6.07) is 2.94. The first-order valence-corrected chi connectivity index (χ1v) is 9.57. The van der Waals surface area contributed by atoms with Gasteiger partial charge in [-0.1, -0.05) is 0 Å². The van der Waals surface area contributed by atoms with E-state index in [0.29, 0.717) is 35.4 Å². The van der Waals surface area contributed by atoms with Crippen molar-refractivity contribution >= 4 is 35.1 Å². The minimum absolute atomic E-state index is 0.181. The molecule has 8 nitrogen and oxygen atoms in total. The smallest absolute Gasteiger partial charge is 0.248 e. The van der Waals surface area contributed by atoms with E-state index in [2.05, 4.69) is 5.32 Å². The Labute approximate surface area is 159 Å². The van der Waals surface area contributed by atoms with Gasteiger partial charge in [-0.2, -0.15) is 0 Å². The minimum Gasteiger partial charge on any atom is -0.543 e. The highest BCUT2D eigenvalue weighted by Crippen LogP contribution is 2.44. The Hall–Kier alpha value is -2.65. The highest BCUT2D eigenvalue weighted by atomic mass is 32.2. The topological polar surface area (TPSA) is 119 Å². The molecule has 3 aliphatic rings. The number of aliphatic carboxylic acids is 1. The van der Waals surface area contributed by atoms with Gasteiger partial charge in [0.05, 0.1) is 11.7 Å². The van der Waals surface area contributed by atoms with Gasteiger partial charge >= 0.3 is 0 Å². The van der Waals surface area contributed by atoms with Gasteiger partial charge in [0.25, 0.3) is 0 Å². The lowest BCUT2D eigenvalue weighted by Gasteiger charge is -2.49. The Bertz CT molecular complexity index is 939. The van der Waals surface area contributed by atoms with Crippen LogP contribution in [0.5, 0.6) is 0 Å². The number of rotatable bonds is 3. The molecule has 3 aliphatic heterocycles. The summed E-state index contributed by atoms with van der Waals surface area (Å²) in [6.45, 7) is 0.494. The van der Waals surface area contributed by atoms with Gasteiger partial charge in [0.1, 0.15) is 18.5 Å². The maximum Gasteiger partial charge on any atom is 0.248 e. The van der Waals surface area contributed by atoms with Crippen molar-refractivity contribution in [2.24, 2.45) is 12.8 Å². The summed E-state index contributed by atoms with van der Waals surface area (Å²) in [5, 5.41) is 14.3. The van der Waals surface area contributed by atoms with Crippen LogP contribution < -0.4 is 20.7 Å². The van der Waals surface area contributed by atoms with Crippen LogP contribution >= 0.6 is 11.8 Å². The zero-order valence-corrected chi connectivity index (χ0v) is 15.4. The van der Waals surface area contributed by atoms with Crippen LogP contribution in [-0.2, 0) is 21.4 Å². The molecule has 27 heavy (non-hydrogen) atoms. The predicted octanol–water partition coefficient (Wildman–Crippen LogP) is -1.97. The first-order valence-electron chi connectivity index (χ1n) is 8.52. The summed E-state index contributed by atoms with van der Waals surface area (Å²) in [7, 11) is 1.85. The molecule has 0 bridgehead atoms. The van der Waals surface area contributed by atoms with E-state index in [-0.39, 0.29) is 11.6 Å². The van der Waals surface area contributed by atoms with Gasteiger partial charge in [0.15, 0.2) is 12.4 Å². The number of pyridine rings is 1. The fraction of sp³-hybridized carbons (Fsp3) is 0.333. The summed E-state index contributed by atoms with van der Waals surface area (Å²) in [6.07, 6.45) is 4.16. The summed E-state index contributed by atoms with van der Waals surface area (Å²) in [5.41, 5.74) is 7.85. The zero-order valence-electron chi connectivity index (χ0n) is 14.6. The molecule has 0 radical (unpaired) electrons. The average molecular weight is 386 g/mol. The second-order valence-electron chi connectivity index (χ2n) is 6.67. The van der Waals surface area contributed by atoms with Crippen molar-refractivity contribution in [3.8, 4) is 0 Å². The van der Waals surface area contributed by atoms with E-state index < -0.39 is 23.3 Å². The fourth-order valence-electron chi connectivity index (χ4n) is 3.72. The first-order chi connectivity index (χ1) is 12.9. The maximum atomic E-state index is 12.4. The van der Waals surface area contributed by atoms with Crippen molar-refractivity contribution in [2.75, 3.05) is 12.3 Å². The van der Waals surface area contributed by atoms with Gasteiger partial charge in [0.2, 0.25) is 11.8 Å². The van der Waals surface area contributed by atoms with E-state index in [4.69, 9.17) is 5.73 Å². The van der Waals surface area contributed by atoms with E-state index >= 15 is 0 Å². The molecular weight excluding hydrogens is 368 g/mol. The number of amides is 2. The quantitative estimate of drug-likeness (QED) is 0.353. The van der Waals surface area contributed by atoms with Crippen molar-refractivity contribution < 1.29 is 24.1 Å². The van der Waals surface area contributed by atoms with Gasteiger partial charge in [-0.05, 0) is 18.1 Å². The molecule has 3 N–H and O–H groups in total. The first kappa shape index (κ1) is 17.7. The Morgan fingerprint density at radius 1 is 1.44 bits per heavy atom. The van der Waals surface area contributed by atoms with Crippen LogP contribution in [0.2, 0.25) is 0 Å². The summed E-state index contributed by atoms with van der Waals surface area (Å²) in [5.74, 6) is -1.77. The van der Waals surface area contributed by atoms with Crippen LogP contribution in [0, 0.1) is 0 Å². The molecular formula is C18H18N4O4S. The third-order valence-electron chi connectivity index (χ3n) is 4.97. The van der Waals surface area contributed by atoms with Crippen LogP contribution in [0.4, 0.5) is 0 Å². The third kappa shape index (κ3) is 2.74. The van der Waals surface area contributed by atoms with Crippen molar-refractivity contribution in [1.82, 2.24) is 10.2 Å². The number of aromatic nitrogens is 1. The third-order valence-corrected chi connectivity index (χ3v) is 6.27. The molecule has 2 amide bonds. The number of allylic oxidation sites excluding steroid dienone is 1. The summed E-state index contributed by atoms with van der Waals surface area (Å²) in [4.78, 5) is 37.8. The number of carboxylic acid groups (broad SMARTS) is 1. The lowest BCUT2D eigenvalue weighted by molar-refractivity contribution is -0.671. The zero-order chi connectivity index (χ0) is 19.3. The number of hydrogen-bond donors (Lipinski definition) is 2. The second-order valence-corrected chi connectivity index (χ2v) is 7.77. The normalized spacial score (nSPS) is 26.5. The summed E-state index contributed by atoms with van der Waals surface area (Å²) < 4.78 is 1.82. The van der Waals surface area contributed by atoms with Gasteiger partial charge in [-0.15, -0.1) is 11.8 Å². The number of fused-ring (bicyclic) bond motifs is 1. The number of nitrogens with zero attached hydrogens (tertiary/aromatic N) is 2. The molecule has 1 aromatic rings. The standard InChI is InChI=1S/C18H18N4O4S/c1-21-6-2-3-9(7-21)12(10-4-5-20-15(10)23)11-8-27-17-13(19)16(24)22(17)14(11)18(25)26/h2-3,6-7,13,17H,4-5,8,19H2,1H3,(H-,20,23,25,26)/t13-,17-/m1/s1. The summed E-state index contributed by atoms with van der Waals surface area (Å²) >= 11 is 1.40. The number of carbonyl (C=O) groups is 3. The van der Waals surface area contributed by atoms with Crippen molar-refractivity contribution in [3.05, 3.63) is 46.9 Å². The van der Waals surface area contributed by atoms with Crippen molar-refractivity contribution in [1.29, 1.82) is 0 Å². The molecule has 9 heteroatoms. The second kappa shape index (κ2) is 6.50. The van der Waals surface area contributed by atoms with Gasteiger partial charge in [-0.3, -0.25) is 14.5 Å². The number of β-lactam (4-membered cyclic amide) rings is 1. The largest absolute Gasteiger partial charge is 0.543 e. The van der Waals surface area contributed by atoms with Crippen LogP contribution in [0.25, 0.3) is 5.57 Å². The van der Waals surface area contributed by atoms with Gasteiger partial charge < -0.3 is 21.0 Å². The van der Waals surface area contributed by atoms with E-state index in [1.54, 1.807) is 0 Å². The van der Waals surface area contributed by atoms with Crippen LogP contribution in [0.3, 0.4) is 0 Å². The van der Waals surface area contributed by atoms with Gasteiger partial charge in [0, 0.05) is 35.1 Å². The lowest BCUT2D eigenvalue weighted by atomic mass is 9.90. The Morgan fingerprint density at radius 2 is 2.22 bits per heavy atom. The van der Waals surface area contributed by atoms with Gasteiger partial charge in [-0.25, -0.2) is 4.57 Å². The SMILES string of the molecule is C[n+]1cccc(C(=C2CCNC2=O)C2=C(C(=O)[O-])N3C(=O)[C@@H](N)[C@H]3SC2)c1. The fourth-order valence-corrected chi connectivity index (χ4v) is 5.02. The molecule has 4 heterocycles. The number of thioether (sulfide) groups is 1. The number of nitrogens with two attached hydrogens (primary N) is 1. The number of nitrogens with one attached hydrogen (secondary N) is 1. The molecule has 2 fully saturated rings. The van der Waals surface area contributed by atoms with E-state index in [1.807, 2.05) is 36.1 Å². The molecule has 0 unspecified atom stereocenters. The lowest BCUT2D eigenvalue weighted by Crippen LogP contribution is -2.69. The van der Waals surface area contributed by atoms with Crippen molar-refractivity contribution in [3.63, 3.8) is 0 Å². The monoisotopic (exact) mass is 386 g/mol. The Balaban J connectivity index is 1.96. The minimum atomic E-state index is -1.44. The molecule has 0 aromatic carbocycles. The molecule has 0 spiro atoms. The number of aryl methyl sites for hydroxylation is 1. The molecule has 4 rings (SSSR count). The highest BCUT2D eigenvalue weighted by Gasteiger charge is 2.51. The molecule has 2 atom stereocenters. The van der Waals surface area contributed by atoms with E-state index in [1.165, 1.54) is 16.7 Å². The van der Waals surface area contributed by atoms with Crippen LogP contribution in [0.1, 0.15) is 12.0 Å². The number of carboxylic acids is 1. The Kier molecular flexibility index (Phi) is 4.27. The highest BCUT2D eigenvalue weighted by molar-refractivity contribution is 8.00. The predicted molar refractivity (Wildman–Crippen MR) is 95.3 cm³/mol.